The molecule has 0 bridgehead atoms. The number of phenols is 1. The molecule has 0 aliphatic heterocycles. The first-order valence-corrected chi connectivity index (χ1v) is 7.31. The molecule has 0 heterocycles. The molecule has 0 aliphatic carbocycles. The molecular weight excluding hydrogens is 248 g/mol. The molecule has 1 N–H and O–H groups in total. The van der Waals surface area contributed by atoms with Crippen LogP contribution in [-0.4, -0.2) is 5.11 Å². The van der Waals surface area contributed by atoms with Crippen molar-refractivity contribution in [3.8, 4) is 17.9 Å². The third kappa shape index (κ3) is 9.97. The minimum atomic E-state index is 0.452. The third-order valence-corrected chi connectivity index (χ3v) is 3.09. The molecule has 0 spiro atoms. The van der Waals surface area contributed by atoms with Crippen molar-refractivity contribution < 1.29 is 5.11 Å². The topological polar surface area (TPSA) is 67.8 Å². The van der Waals surface area contributed by atoms with Crippen LogP contribution in [0.5, 0.6) is 5.75 Å². The van der Waals surface area contributed by atoms with Crippen LogP contribution < -0.4 is 0 Å². The van der Waals surface area contributed by atoms with Crippen molar-refractivity contribution >= 4 is 0 Å². The maximum Gasteiger partial charge on any atom is 0.181 e. The van der Waals surface area contributed by atoms with Crippen LogP contribution in [0.1, 0.15) is 57.4 Å². The quantitative estimate of drug-likeness (QED) is 0.696. The Kier molecular flexibility index (Phi) is 12.1. The van der Waals surface area contributed by atoms with Crippen LogP contribution >= 0.6 is 0 Å². The fourth-order valence-corrected chi connectivity index (χ4v) is 1.99. The maximum absolute atomic E-state index is 9.58. The summed E-state index contributed by atoms with van der Waals surface area (Å²) < 4.78 is 0. The number of nitriles is 2. The third-order valence-electron chi connectivity index (χ3n) is 3.09. The summed E-state index contributed by atoms with van der Waals surface area (Å²) in [6.45, 7) is 2.25. The highest BCUT2D eigenvalue weighted by Gasteiger charge is 1.98. The van der Waals surface area contributed by atoms with E-state index in [-0.39, 0.29) is 0 Å². The van der Waals surface area contributed by atoms with Gasteiger partial charge in [-0.25, -0.2) is 0 Å². The van der Waals surface area contributed by atoms with Gasteiger partial charge < -0.3 is 5.11 Å². The van der Waals surface area contributed by atoms with E-state index < -0.39 is 0 Å². The van der Waals surface area contributed by atoms with Gasteiger partial charge in [-0.2, -0.15) is 10.5 Å². The lowest BCUT2D eigenvalue weighted by atomic mass is 10.0. The van der Waals surface area contributed by atoms with Gasteiger partial charge >= 0.3 is 0 Å². The zero-order chi connectivity index (χ0) is 15.1. The molecule has 0 aliphatic rings. The van der Waals surface area contributed by atoms with E-state index in [2.05, 4.69) is 6.92 Å². The van der Waals surface area contributed by atoms with Gasteiger partial charge in [-0.3, -0.25) is 0 Å². The summed E-state index contributed by atoms with van der Waals surface area (Å²) in [5.41, 5.74) is 1.09. The first-order valence-electron chi connectivity index (χ1n) is 7.31. The van der Waals surface area contributed by atoms with Gasteiger partial charge in [0.1, 0.15) is 5.75 Å². The molecule has 108 valence electrons. The number of nitrogens with zero attached hydrogens (tertiary/aromatic N) is 2. The number of hydrogen-bond donors (Lipinski definition) is 1. The van der Waals surface area contributed by atoms with Crippen molar-refractivity contribution in [2.45, 2.75) is 58.3 Å². The Morgan fingerprint density at radius 1 is 0.900 bits per heavy atom. The number of para-hydroxylation sites is 1. The SMILES string of the molecule is CCCCCCCCCc1ccccc1O.N#CC#N. The maximum atomic E-state index is 9.58. The number of benzene rings is 1. The summed E-state index contributed by atoms with van der Waals surface area (Å²) in [6, 6.07) is 10.1. The number of hydrogen-bond acceptors (Lipinski definition) is 3. The number of aromatic hydroxyl groups is 1. The Morgan fingerprint density at radius 2 is 1.45 bits per heavy atom. The molecule has 1 aromatic carbocycles. The second-order valence-corrected chi connectivity index (χ2v) is 4.72. The fraction of sp³-hybridized carbons (Fsp3) is 0.529. The lowest BCUT2D eigenvalue weighted by Crippen LogP contribution is -1.87. The van der Waals surface area contributed by atoms with Crippen LogP contribution in [0, 0.1) is 22.7 Å². The van der Waals surface area contributed by atoms with E-state index in [1.54, 1.807) is 6.07 Å². The molecule has 1 rings (SSSR count). The highest BCUT2D eigenvalue weighted by Crippen LogP contribution is 2.18. The Hall–Kier alpha value is -2.00. The minimum Gasteiger partial charge on any atom is -0.508 e. The zero-order valence-corrected chi connectivity index (χ0v) is 12.3. The van der Waals surface area contributed by atoms with Gasteiger partial charge in [0.2, 0.25) is 0 Å². The molecule has 0 unspecified atom stereocenters. The molecule has 20 heavy (non-hydrogen) atoms. The Bertz CT molecular complexity index is 417. The molecule has 0 saturated carbocycles. The van der Waals surface area contributed by atoms with Crippen molar-refractivity contribution in [2.75, 3.05) is 0 Å². The molecule has 0 radical (unpaired) electrons. The van der Waals surface area contributed by atoms with E-state index in [1.165, 1.54) is 57.1 Å². The summed E-state index contributed by atoms with van der Waals surface area (Å²) in [5.74, 6) is 0.452. The number of unbranched alkanes of at least 4 members (excludes halogenated alkanes) is 6. The summed E-state index contributed by atoms with van der Waals surface area (Å²) in [6.07, 6.45) is 10.3. The predicted molar refractivity (Wildman–Crippen MR) is 81.0 cm³/mol. The second-order valence-electron chi connectivity index (χ2n) is 4.72. The minimum absolute atomic E-state index is 0.452. The van der Waals surface area contributed by atoms with Crippen LogP contribution in [0.2, 0.25) is 0 Å². The molecule has 0 aromatic heterocycles. The Labute approximate surface area is 122 Å². The first-order chi connectivity index (χ1) is 9.76. The lowest BCUT2D eigenvalue weighted by molar-refractivity contribution is 0.466. The van der Waals surface area contributed by atoms with Crippen molar-refractivity contribution in [1.29, 1.82) is 10.5 Å². The molecule has 0 saturated heterocycles. The summed E-state index contributed by atoms with van der Waals surface area (Å²) in [5, 5.41) is 24.1. The molecule has 3 nitrogen and oxygen atoms in total. The van der Waals surface area contributed by atoms with Crippen molar-refractivity contribution in [1.82, 2.24) is 0 Å². The molecular formula is C17H24N2O. The molecule has 3 heteroatoms. The van der Waals surface area contributed by atoms with Crippen LogP contribution in [-0.2, 0) is 6.42 Å². The van der Waals surface area contributed by atoms with Gasteiger partial charge in [-0.05, 0) is 24.5 Å². The van der Waals surface area contributed by atoms with Crippen molar-refractivity contribution in [3.63, 3.8) is 0 Å². The van der Waals surface area contributed by atoms with Crippen LogP contribution in [0.25, 0.3) is 0 Å². The standard InChI is InChI=1S/C15H24O.C2N2/c1-2-3-4-5-6-7-8-11-14-12-9-10-13-15(14)16;3-1-2-4/h9-10,12-13,16H,2-8,11H2,1H3;. The van der Waals surface area contributed by atoms with Gasteiger partial charge in [0, 0.05) is 0 Å². The monoisotopic (exact) mass is 272 g/mol. The van der Waals surface area contributed by atoms with Gasteiger partial charge in [-0.15, -0.1) is 0 Å². The fourth-order valence-electron chi connectivity index (χ4n) is 1.99. The van der Waals surface area contributed by atoms with E-state index in [0.29, 0.717) is 5.75 Å². The Balaban J connectivity index is 0.000000796. The molecule has 0 atom stereocenters. The van der Waals surface area contributed by atoms with E-state index in [9.17, 15) is 5.11 Å². The van der Waals surface area contributed by atoms with Crippen LogP contribution in [0.4, 0.5) is 0 Å². The van der Waals surface area contributed by atoms with Crippen LogP contribution in [0.3, 0.4) is 0 Å². The highest BCUT2D eigenvalue weighted by molar-refractivity contribution is 5.31. The number of aryl methyl sites for hydroxylation is 1. The predicted octanol–water partition coefficient (Wildman–Crippen LogP) is 4.72. The smallest absolute Gasteiger partial charge is 0.181 e. The van der Waals surface area contributed by atoms with Gasteiger partial charge in [0.05, 0.1) is 0 Å². The molecule has 0 fully saturated rings. The van der Waals surface area contributed by atoms with E-state index in [0.717, 1.165) is 12.0 Å². The van der Waals surface area contributed by atoms with E-state index in [1.807, 2.05) is 18.2 Å². The normalized spacial score (nSPS) is 8.95. The highest BCUT2D eigenvalue weighted by atomic mass is 16.3. The molecule has 1 aromatic rings. The Morgan fingerprint density at radius 3 is 2.00 bits per heavy atom. The largest absolute Gasteiger partial charge is 0.508 e. The van der Waals surface area contributed by atoms with Crippen molar-refractivity contribution in [3.05, 3.63) is 29.8 Å². The average molecular weight is 272 g/mol. The van der Waals surface area contributed by atoms with Crippen molar-refractivity contribution in [2.24, 2.45) is 0 Å². The average Bonchev–Trinajstić information content (AvgIpc) is 2.48. The zero-order valence-electron chi connectivity index (χ0n) is 12.3. The molecule has 0 amide bonds. The summed E-state index contributed by atoms with van der Waals surface area (Å²) in [7, 11) is 0. The van der Waals surface area contributed by atoms with Gasteiger partial charge in [0.15, 0.2) is 12.1 Å². The van der Waals surface area contributed by atoms with Gasteiger partial charge in [-0.1, -0.05) is 63.6 Å². The van der Waals surface area contributed by atoms with Crippen LogP contribution in [0.15, 0.2) is 24.3 Å². The summed E-state index contributed by atoms with van der Waals surface area (Å²) in [4.78, 5) is 0. The van der Waals surface area contributed by atoms with E-state index in [4.69, 9.17) is 10.5 Å². The lowest BCUT2D eigenvalue weighted by Gasteiger charge is -2.04. The van der Waals surface area contributed by atoms with Gasteiger partial charge in [0.25, 0.3) is 0 Å². The number of phenolic OH excluding ortho intramolecular Hbond substituents is 1. The summed E-state index contributed by atoms with van der Waals surface area (Å²) >= 11 is 0. The first kappa shape index (κ1) is 18.0. The second kappa shape index (κ2) is 13.4. The van der Waals surface area contributed by atoms with E-state index >= 15 is 0 Å². The number of rotatable bonds is 8.